The van der Waals surface area contributed by atoms with E-state index in [0.717, 1.165) is 0 Å². The Kier molecular flexibility index (Phi) is 167. The van der Waals surface area contributed by atoms with Gasteiger partial charge in [0.05, 0.1) is 0 Å². The molecule has 0 fully saturated rings. The first-order chi connectivity index (χ1) is 0. The van der Waals surface area contributed by atoms with Crippen LogP contribution in [0.2, 0.25) is 0 Å². The standard InChI is InChI=1S/Al.Mn.Ni.Zn. The molecular weight excluding hydrogens is 206 g/mol. The third-order valence-electron chi connectivity index (χ3n) is 0. The van der Waals surface area contributed by atoms with Gasteiger partial charge >= 0.3 is 0 Å². The Balaban J connectivity index is 0. The zero-order valence-corrected chi connectivity index (χ0v) is 8.27. The molecular formula is AlMnNiZn. The van der Waals surface area contributed by atoms with Crippen molar-refractivity contribution < 1.29 is 53.0 Å². The van der Waals surface area contributed by atoms with E-state index in [1.807, 2.05) is 0 Å². The van der Waals surface area contributed by atoms with Crippen LogP contribution in [0.25, 0.3) is 0 Å². The first-order valence-electron chi connectivity index (χ1n) is 0. The number of hydrogen-bond acceptors (Lipinski definition) is 0. The normalized spacial score (nSPS) is 0. The molecule has 0 aliphatic carbocycles. The fourth-order valence-electron chi connectivity index (χ4n) is 0. The molecule has 0 unspecified atom stereocenters. The van der Waals surface area contributed by atoms with Crippen LogP contribution in [0.4, 0.5) is 0 Å². The Hall–Kier alpha value is 2.17. The van der Waals surface area contributed by atoms with Crippen LogP contribution in [-0.4, -0.2) is 17.4 Å². The average molecular weight is 206 g/mol. The van der Waals surface area contributed by atoms with Crippen LogP contribution in [0.15, 0.2) is 0 Å². The third kappa shape index (κ3) is 8.90. The van der Waals surface area contributed by atoms with Gasteiger partial charge in [0.25, 0.3) is 0 Å². The van der Waals surface area contributed by atoms with E-state index in [1.54, 1.807) is 0 Å². The summed E-state index contributed by atoms with van der Waals surface area (Å²) in [5.74, 6) is 0. The molecule has 4 radical (unpaired) electrons. The molecule has 0 aromatic heterocycles. The van der Waals surface area contributed by atoms with Crippen molar-refractivity contribution in [3.05, 3.63) is 0 Å². The summed E-state index contributed by atoms with van der Waals surface area (Å²) in [4.78, 5) is 0. The van der Waals surface area contributed by atoms with Crippen molar-refractivity contribution in [2.45, 2.75) is 0 Å². The van der Waals surface area contributed by atoms with Gasteiger partial charge in [-0.15, -0.1) is 0 Å². The molecule has 0 N–H and O–H groups in total. The minimum atomic E-state index is 0. The predicted octanol–water partition coefficient (Wildman–Crippen LogP) is -0.388. The van der Waals surface area contributed by atoms with Crippen molar-refractivity contribution in [1.29, 1.82) is 0 Å². The van der Waals surface area contributed by atoms with Crippen LogP contribution < -0.4 is 0 Å². The molecule has 0 aromatic carbocycles. The maximum absolute atomic E-state index is 0. The van der Waals surface area contributed by atoms with Gasteiger partial charge in [-0.1, -0.05) is 0 Å². The smallest absolute Gasteiger partial charge is 0 e. The minimum absolute atomic E-state index is 0. The van der Waals surface area contributed by atoms with E-state index in [1.165, 1.54) is 0 Å². The van der Waals surface area contributed by atoms with Gasteiger partial charge in [0.15, 0.2) is 0 Å². The maximum atomic E-state index is 0. The van der Waals surface area contributed by atoms with Gasteiger partial charge < -0.3 is 0 Å². The number of hydrogen-bond donors (Lipinski definition) is 0. The predicted molar refractivity (Wildman–Crippen MR) is 5.75 cm³/mol. The first-order valence-corrected chi connectivity index (χ1v) is 0. The fraction of sp³-hybridized carbons (Fsp3) is 0. The average Bonchev–Trinajstić information content (AvgIpc) is 0. The molecule has 0 nitrogen and oxygen atoms in total. The summed E-state index contributed by atoms with van der Waals surface area (Å²) in [7, 11) is 0. The maximum Gasteiger partial charge on any atom is 0 e. The second-order valence-electron chi connectivity index (χ2n) is 0. The molecule has 0 bridgehead atoms. The molecule has 0 rings (SSSR count). The van der Waals surface area contributed by atoms with Gasteiger partial charge in [0, 0.05) is 70.4 Å². The Bertz CT molecular complexity index is 8.00. The third-order valence-corrected chi connectivity index (χ3v) is 0. The molecule has 4 heavy (non-hydrogen) atoms. The Morgan fingerprint density at radius 3 is 1.00 bits per heavy atom. The summed E-state index contributed by atoms with van der Waals surface area (Å²) in [5, 5.41) is 0. The Morgan fingerprint density at radius 1 is 1.00 bits per heavy atom. The molecule has 0 atom stereocenters. The van der Waals surface area contributed by atoms with Crippen LogP contribution in [0.5, 0.6) is 0 Å². The number of rotatable bonds is 0. The molecule has 0 spiro atoms. The Morgan fingerprint density at radius 2 is 1.00 bits per heavy atom. The van der Waals surface area contributed by atoms with Crippen LogP contribution >= 0.6 is 0 Å². The van der Waals surface area contributed by atoms with E-state index < -0.39 is 0 Å². The van der Waals surface area contributed by atoms with E-state index in [-0.39, 0.29) is 70.4 Å². The van der Waals surface area contributed by atoms with Crippen molar-refractivity contribution in [2.24, 2.45) is 0 Å². The first kappa shape index (κ1) is 35.0. The topological polar surface area (TPSA) is 0 Å². The van der Waals surface area contributed by atoms with Gasteiger partial charge in [0.1, 0.15) is 0 Å². The van der Waals surface area contributed by atoms with Crippen molar-refractivity contribution in [3.8, 4) is 0 Å². The van der Waals surface area contributed by atoms with E-state index in [0.29, 0.717) is 0 Å². The SMILES string of the molecule is [Al].[Mn].[Ni].[Zn]. The monoisotopic (exact) mass is 204 g/mol. The van der Waals surface area contributed by atoms with Crippen molar-refractivity contribution in [1.82, 2.24) is 0 Å². The van der Waals surface area contributed by atoms with Gasteiger partial charge in [-0.25, -0.2) is 0 Å². The van der Waals surface area contributed by atoms with Crippen LogP contribution in [-0.2, 0) is 53.0 Å². The molecule has 22 valence electrons. The summed E-state index contributed by atoms with van der Waals surface area (Å²) in [6, 6.07) is 0. The summed E-state index contributed by atoms with van der Waals surface area (Å²) in [5.41, 5.74) is 0. The minimum Gasteiger partial charge on any atom is 0 e. The molecule has 0 saturated carbocycles. The molecule has 0 saturated heterocycles. The second kappa shape index (κ2) is 19.1. The van der Waals surface area contributed by atoms with E-state index in [9.17, 15) is 0 Å². The summed E-state index contributed by atoms with van der Waals surface area (Å²) >= 11 is 0. The second-order valence-corrected chi connectivity index (χ2v) is 0. The molecule has 0 aromatic rings. The fourth-order valence-corrected chi connectivity index (χ4v) is 0. The van der Waals surface area contributed by atoms with Gasteiger partial charge in [-0.05, 0) is 0 Å². The van der Waals surface area contributed by atoms with Gasteiger partial charge in [-0.2, -0.15) is 0 Å². The summed E-state index contributed by atoms with van der Waals surface area (Å²) < 4.78 is 0. The van der Waals surface area contributed by atoms with E-state index in [4.69, 9.17) is 0 Å². The summed E-state index contributed by atoms with van der Waals surface area (Å²) in [6.07, 6.45) is 0. The van der Waals surface area contributed by atoms with Crippen LogP contribution in [0.3, 0.4) is 0 Å². The molecule has 0 aliphatic rings. The Labute approximate surface area is 69.8 Å². The van der Waals surface area contributed by atoms with Crippen molar-refractivity contribution in [2.75, 3.05) is 0 Å². The molecule has 0 heterocycles. The van der Waals surface area contributed by atoms with E-state index >= 15 is 0 Å². The molecule has 0 aliphatic heterocycles. The zero-order valence-electron chi connectivity index (χ0n) is 1.98. The van der Waals surface area contributed by atoms with Crippen LogP contribution in [0, 0.1) is 0 Å². The van der Waals surface area contributed by atoms with Gasteiger partial charge in [-0.3, -0.25) is 0 Å². The quantitative estimate of drug-likeness (QED) is 0.473. The van der Waals surface area contributed by atoms with Gasteiger partial charge in [0.2, 0.25) is 0 Å². The summed E-state index contributed by atoms with van der Waals surface area (Å²) in [6.45, 7) is 0. The molecule has 4 heteroatoms. The van der Waals surface area contributed by atoms with Crippen molar-refractivity contribution in [3.63, 3.8) is 0 Å². The van der Waals surface area contributed by atoms with Crippen LogP contribution in [0.1, 0.15) is 0 Å². The van der Waals surface area contributed by atoms with Crippen molar-refractivity contribution >= 4 is 17.4 Å². The van der Waals surface area contributed by atoms with E-state index in [2.05, 4.69) is 0 Å². The largest absolute Gasteiger partial charge is 0 e. The molecule has 0 amide bonds. The zero-order chi connectivity index (χ0) is 0.